The molecule has 172 valence electrons. The van der Waals surface area contributed by atoms with Gasteiger partial charge in [0.25, 0.3) is 0 Å². The number of alkyl halides is 3. The van der Waals surface area contributed by atoms with Crippen molar-refractivity contribution >= 4 is 11.9 Å². The third-order valence-electron chi connectivity index (χ3n) is 4.78. The summed E-state index contributed by atoms with van der Waals surface area (Å²) in [6.45, 7) is 0.984. The van der Waals surface area contributed by atoms with Gasteiger partial charge in [0, 0.05) is 4.98 Å². The van der Waals surface area contributed by atoms with Crippen molar-refractivity contribution in [3.8, 4) is 22.9 Å². The van der Waals surface area contributed by atoms with Gasteiger partial charge in [0.1, 0.15) is 24.7 Å². The molecule has 0 spiro atoms. The number of fused-ring (bicyclic) bond motifs is 1. The van der Waals surface area contributed by atoms with Crippen molar-refractivity contribution in [1.29, 1.82) is 0 Å². The van der Waals surface area contributed by atoms with Crippen LogP contribution in [0.2, 0.25) is 0 Å². The first-order chi connectivity index (χ1) is 15.8. The number of imidazole rings is 1. The number of halogens is 3. The smallest absolute Gasteiger partial charge is 0.443 e. The number of nitrogens with zero attached hydrogens (tertiary/aromatic N) is 3. The Hall–Kier alpha value is -3.86. The van der Waals surface area contributed by atoms with E-state index in [0.29, 0.717) is 13.2 Å². The molecule has 0 aliphatic carbocycles. The van der Waals surface area contributed by atoms with Crippen LogP contribution in [0.3, 0.4) is 0 Å². The SMILES string of the molecule is O=[N+]([O-])c1cn2c(n1)OC[C@@H](OCC=Cc1ccc(-c3ccc(OC(F)(F)F)cc3)cc1)C2. The van der Waals surface area contributed by atoms with Gasteiger partial charge >= 0.3 is 18.2 Å². The maximum Gasteiger partial charge on any atom is 0.573 e. The Labute approximate surface area is 186 Å². The fourth-order valence-electron chi connectivity index (χ4n) is 3.27. The van der Waals surface area contributed by atoms with Crippen LogP contribution in [0, 0.1) is 10.1 Å². The predicted octanol–water partition coefficient (Wildman–Crippen LogP) is 4.85. The van der Waals surface area contributed by atoms with Crippen LogP contribution in [-0.4, -0.2) is 40.2 Å². The fraction of sp³-hybridized carbons (Fsp3) is 0.227. The summed E-state index contributed by atoms with van der Waals surface area (Å²) in [7, 11) is 0. The normalized spacial score (nSPS) is 15.8. The maximum atomic E-state index is 12.3. The Morgan fingerprint density at radius 1 is 1.15 bits per heavy atom. The summed E-state index contributed by atoms with van der Waals surface area (Å²) < 4.78 is 53.4. The molecule has 0 saturated heterocycles. The molecule has 0 radical (unpaired) electrons. The lowest BCUT2D eigenvalue weighted by atomic mass is 10.0. The minimum atomic E-state index is -4.72. The van der Waals surface area contributed by atoms with Crippen molar-refractivity contribution in [2.45, 2.75) is 19.0 Å². The summed E-state index contributed by atoms with van der Waals surface area (Å²) in [5.41, 5.74) is 2.54. The Morgan fingerprint density at radius 2 is 1.82 bits per heavy atom. The number of ether oxygens (including phenoxy) is 3. The molecular formula is C22H18F3N3O5. The Balaban J connectivity index is 1.28. The van der Waals surface area contributed by atoms with Crippen LogP contribution in [0.1, 0.15) is 5.56 Å². The molecule has 0 unspecified atom stereocenters. The summed E-state index contributed by atoms with van der Waals surface area (Å²) in [4.78, 5) is 14.0. The topological polar surface area (TPSA) is 88.7 Å². The second-order valence-corrected chi connectivity index (χ2v) is 7.15. The van der Waals surface area contributed by atoms with Crippen LogP contribution in [-0.2, 0) is 11.3 Å². The lowest BCUT2D eigenvalue weighted by Gasteiger charge is -2.21. The minimum absolute atomic E-state index is 0.208. The first-order valence-electron chi connectivity index (χ1n) is 9.85. The van der Waals surface area contributed by atoms with E-state index in [1.54, 1.807) is 16.7 Å². The molecule has 0 N–H and O–H groups in total. The number of hydrogen-bond donors (Lipinski definition) is 0. The summed E-state index contributed by atoms with van der Waals surface area (Å²) >= 11 is 0. The fourth-order valence-corrected chi connectivity index (χ4v) is 3.27. The van der Waals surface area contributed by atoms with Gasteiger partial charge in [-0.3, -0.25) is 4.57 Å². The van der Waals surface area contributed by atoms with Gasteiger partial charge in [-0.15, -0.1) is 13.2 Å². The first kappa shape index (κ1) is 22.3. The highest BCUT2D eigenvalue weighted by molar-refractivity contribution is 5.66. The standard InChI is InChI=1S/C22H18F3N3O5/c23-22(24,25)33-18-9-7-17(8-10-18)16-5-3-15(4-6-16)2-1-11-31-19-12-27-13-20(28(29)30)26-21(27)32-14-19/h1-10,13,19H,11-12,14H2/t19-/m0/s1. The highest BCUT2D eigenvalue weighted by Gasteiger charge is 2.31. The van der Waals surface area contributed by atoms with Crippen molar-refractivity contribution in [2.24, 2.45) is 0 Å². The van der Waals surface area contributed by atoms with Gasteiger partial charge in [-0.05, 0) is 33.7 Å². The van der Waals surface area contributed by atoms with Crippen LogP contribution in [0.4, 0.5) is 19.0 Å². The van der Waals surface area contributed by atoms with Gasteiger partial charge in [-0.2, -0.15) is 0 Å². The third-order valence-corrected chi connectivity index (χ3v) is 4.78. The molecule has 0 fully saturated rings. The van der Waals surface area contributed by atoms with Crippen LogP contribution < -0.4 is 9.47 Å². The highest BCUT2D eigenvalue weighted by Crippen LogP contribution is 2.27. The van der Waals surface area contributed by atoms with Crippen molar-refractivity contribution in [3.05, 3.63) is 76.5 Å². The summed E-state index contributed by atoms with van der Waals surface area (Å²) in [5.74, 6) is -0.531. The molecule has 1 aliphatic heterocycles. The number of aromatic nitrogens is 2. The van der Waals surface area contributed by atoms with E-state index < -0.39 is 11.3 Å². The Bertz CT molecular complexity index is 1140. The monoisotopic (exact) mass is 461 g/mol. The third kappa shape index (κ3) is 5.89. The highest BCUT2D eigenvalue weighted by atomic mass is 19.4. The zero-order valence-electron chi connectivity index (χ0n) is 17.1. The second kappa shape index (κ2) is 9.33. The molecule has 11 heteroatoms. The Morgan fingerprint density at radius 3 is 2.45 bits per heavy atom. The maximum absolute atomic E-state index is 12.3. The number of nitro groups is 1. The van der Waals surface area contributed by atoms with E-state index in [-0.39, 0.29) is 30.3 Å². The molecular weight excluding hydrogens is 443 g/mol. The predicted molar refractivity (Wildman–Crippen MR) is 112 cm³/mol. The zero-order chi connectivity index (χ0) is 23.4. The van der Waals surface area contributed by atoms with Gasteiger partial charge in [-0.1, -0.05) is 48.6 Å². The average molecular weight is 461 g/mol. The molecule has 8 nitrogen and oxygen atoms in total. The van der Waals surface area contributed by atoms with E-state index in [9.17, 15) is 23.3 Å². The van der Waals surface area contributed by atoms with Crippen molar-refractivity contribution in [2.75, 3.05) is 13.2 Å². The van der Waals surface area contributed by atoms with Crippen LogP contribution in [0.15, 0.2) is 60.8 Å². The van der Waals surface area contributed by atoms with Gasteiger partial charge < -0.3 is 24.3 Å². The molecule has 1 aromatic heterocycles. The average Bonchev–Trinajstić information content (AvgIpc) is 3.21. The van der Waals surface area contributed by atoms with Crippen LogP contribution in [0.25, 0.3) is 17.2 Å². The number of benzene rings is 2. The molecule has 0 amide bonds. The quantitative estimate of drug-likeness (QED) is 0.369. The van der Waals surface area contributed by atoms with E-state index in [1.807, 2.05) is 36.4 Å². The lowest BCUT2D eigenvalue weighted by molar-refractivity contribution is -0.389. The number of rotatable bonds is 7. The zero-order valence-corrected chi connectivity index (χ0v) is 17.1. The Kier molecular flexibility index (Phi) is 6.31. The molecule has 3 aromatic rings. The van der Waals surface area contributed by atoms with Crippen LogP contribution >= 0.6 is 0 Å². The summed E-state index contributed by atoms with van der Waals surface area (Å²) in [6, 6.07) is 13.4. The molecule has 1 atom stereocenters. The largest absolute Gasteiger partial charge is 0.573 e. The number of hydrogen-bond acceptors (Lipinski definition) is 6. The molecule has 1 aliphatic rings. The summed E-state index contributed by atoms with van der Waals surface area (Å²) in [5, 5.41) is 10.8. The molecule has 0 bridgehead atoms. The first-order valence-corrected chi connectivity index (χ1v) is 9.85. The molecule has 33 heavy (non-hydrogen) atoms. The van der Waals surface area contributed by atoms with Crippen molar-refractivity contribution < 1.29 is 32.3 Å². The molecule has 2 heterocycles. The van der Waals surface area contributed by atoms with Gasteiger partial charge in [0.2, 0.25) is 0 Å². The van der Waals surface area contributed by atoms with E-state index in [0.717, 1.165) is 16.7 Å². The molecule has 0 saturated carbocycles. The van der Waals surface area contributed by atoms with Crippen molar-refractivity contribution in [1.82, 2.24) is 9.55 Å². The van der Waals surface area contributed by atoms with Gasteiger partial charge in [-0.25, -0.2) is 0 Å². The summed E-state index contributed by atoms with van der Waals surface area (Å²) in [6.07, 6.45) is 0.0549. The van der Waals surface area contributed by atoms with Crippen LogP contribution in [0.5, 0.6) is 11.8 Å². The van der Waals surface area contributed by atoms with E-state index >= 15 is 0 Å². The molecule has 2 aromatic carbocycles. The van der Waals surface area contributed by atoms with Gasteiger partial charge in [0.15, 0.2) is 0 Å². The van der Waals surface area contributed by atoms with E-state index in [1.165, 1.54) is 18.3 Å². The second-order valence-electron chi connectivity index (χ2n) is 7.15. The van der Waals surface area contributed by atoms with Crippen molar-refractivity contribution in [3.63, 3.8) is 0 Å². The lowest BCUT2D eigenvalue weighted by Crippen LogP contribution is -2.32. The minimum Gasteiger partial charge on any atom is -0.443 e. The van der Waals surface area contributed by atoms with Gasteiger partial charge in [0.05, 0.1) is 13.2 Å². The molecule has 4 rings (SSSR count). The van der Waals surface area contributed by atoms with E-state index in [2.05, 4.69) is 9.72 Å². The van der Waals surface area contributed by atoms with E-state index in [4.69, 9.17) is 9.47 Å².